The fourth-order valence-corrected chi connectivity index (χ4v) is 8.69. The van der Waals surface area contributed by atoms with E-state index in [0.29, 0.717) is 61.8 Å². The third kappa shape index (κ3) is 8.41. The summed E-state index contributed by atoms with van der Waals surface area (Å²) in [4.78, 5) is 77.6. The monoisotopic (exact) mass is 762 g/mol. The number of carbonyl (C=O) groups excluding carboxylic acids is 4. The molecule has 3 fully saturated rings. The van der Waals surface area contributed by atoms with Gasteiger partial charge in [-0.25, -0.2) is 9.97 Å². The van der Waals surface area contributed by atoms with Crippen molar-refractivity contribution in [1.82, 2.24) is 50.2 Å². The molecule has 2 aromatic heterocycles. The highest BCUT2D eigenvalue weighted by Crippen LogP contribution is 2.36. The van der Waals surface area contributed by atoms with Crippen LogP contribution in [0.5, 0.6) is 0 Å². The van der Waals surface area contributed by atoms with Gasteiger partial charge in [0.25, 0.3) is 11.8 Å². The lowest BCUT2D eigenvalue weighted by molar-refractivity contribution is -0.138. The molecule has 0 bridgehead atoms. The number of nitrogens with zero attached hydrogens (tertiary/aromatic N) is 6. The molecule has 4 heterocycles. The number of amides is 4. The van der Waals surface area contributed by atoms with E-state index in [9.17, 15) is 19.2 Å². The van der Waals surface area contributed by atoms with E-state index in [1.54, 1.807) is 12.4 Å². The number of nitrogens with one attached hydrogen (secondary N) is 4. The number of hydrogen-bond acceptors (Lipinski definition) is 8. The van der Waals surface area contributed by atoms with Crippen molar-refractivity contribution >= 4 is 23.6 Å². The molecule has 14 nitrogen and oxygen atoms in total. The Hall–Kier alpha value is -5.34. The summed E-state index contributed by atoms with van der Waals surface area (Å²) in [5, 5.41) is 6.26. The highest BCUT2D eigenvalue weighted by molar-refractivity contribution is 5.93. The number of imidazole rings is 2. The number of likely N-dealkylation sites (tertiary alicyclic amines) is 2. The van der Waals surface area contributed by atoms with Crippen molar-refractivity contribution in [2.75, 3.05) is 41.3 Å². The van der Waals surface area contributed by atoms with E-state index >= 15 is 0 Å². The molecule has 4 atom stereocenters. The Kier molecular flexibility index (Phi) is 12.0. The zero-order valence-electron chi connectivity index (χ0n) is 32.8. The van der Waals surface area contributed by atoms with Crippen molar-refractivity contribution in [3.8, 4) is 0 Å². The molecule has 0 unspecified atom stereocenters. The van der Waals surface area contributed by atoms with Gasteiger partial charge in [0.2, 0.25) is 11.8 Å². The molecule has 4 N–H and O–H groups in total. The number of aromatic amines is 2. The first-order chi connectivity index (χ1) is 27.1. The summed E-state index contributed by atoms with van der Waals surface area (Å²) in [6.07, 6.45) is 9.37. The molecule has 4 amide bonds. The molecule has 14 heteroatoms. The first-order valence-corrected chi connectivity index (χ1v) is 19.8. The minimum Gasteiger partial charge on any atom is -0.348 e. The van der Waals surface area contributed by atoms with Crippen LogP contribution >= 0.6 is 0 Å². The molecule has 1 aliphatic carbocycles. The minimum atomic E-state index is -0.409. The van der Waals surface area contributed by atoms with Gasteiger partial charge in [-0.2, -0.15) is 0 Å². The van der Waals surface area contributed by atoms with E-state index in [4.69, 9.17) is 0 Å². The Morgan fingerprint density at radius 3 is 1.34 bits per heavy atom. The van der Waals surface area contributed by atoms with Gasteiger partial charge in [-0.3, -0.25) is 29.0 Å². The molecular formula is C42H54N10O4. The summed E-state index contributed by atoms with van der Waals surface area (Å²) in [5.41, 5.74) is 2.48. The second kappa shape index (κ2) is 17.2. The first-order valence-electron chi connectivity index (χ1n) is 19.8. The maximum Gasteiger partial charge on any atom is 0.271 e. The van der Waals surface area contributed by atoms with Gasteiger partial charge < -0.3 is 30.4 Å². The molecule has 4 aromatic rings. The molecule has 1 saturated carbocycles. The summed E-state index contributed by atoms with van der Waals surface area (Å²) in [6.45, 7) is 1.27. The van der Waals surface area contributed by atoms with E-state index in [2.05, 4.69) is 30.6 Å². The number of H-pyrrole nitrogens is 2. The van der Waals surface area contributed by atoms with Crippen LogP contribution in [0.4, 0.5) is 0 Å². The summed E-state index contributed by atoms with van der Waals surface area (Å²) < 4.78 is 0. The highest BCUT2D eigenvalue weighted by atomic mass is 16.2. The van der Waals surface area contributed by atoms with Gasteiger partial charge in [0.15, 0.2) is 0 Å². The lowest BCUT2D eigenvalue weighted by Gasteiger charge is -2.31. The summed E-state index contributed by atoms with van der Waals surface area (Å²) >= 11 is 0. The van der Waals surface area contributed by atoms with Gasteiger partial charge in [-0.1, -0.05) is 60.7 Å². The first kappa shape index (κ1) is 38.9. The molecule has 0 spiro atoms. The van der Waals surface area contributed by atoms with Crippen LogP contribution in [0.2, 0.25) is 0 Å². The predicted octanol–water partition coefficient (Wildman–Crippen LogP) is 4.54. The molecule has 2 aliphatic heterocycles. The number of likely N-dealkylation sites (N-methyl/N-ethyl adjacent to an activating group) is 2. The number of hydrogen-bond donors (Lipinski definition) is 4. The van der Waals surface area contributed by atoms with E-state index in [1.165, 1.54) is 0 Å². The topological polar surface area (TPSA) is 163 Å². The van der Waals surface area contributed by atoms with Crippen LogP contribution in [0.25, 0.3) is 0 Å². The van der Waals surface area contributed by atoms with Crippen LogP contribution in [0.3, 0.4) is 0 Å². The van der Waals surface area contributed by atoms with Crippen molar-refractivity contribution < 1.29 is 19.2 Å². The molecule has 2 aromatic carbocycles. The second-order valence-electron chi connectivity index (χ2n) is 15.8. The lowest BCUT2D eigenvalue weighted by Crippen LogP contribution is -2.44. The van der Waals surface area contributed by atoms with Crippen LogP contribution in [0.1, 0.15) is 119 Å². The van der Waals surface area contributed by atoms with Crippen molar-refractivity contribution in [2.45, 2.75) is 87.6 Å². The molecule has 0 radical (unpaired) electrons. The number of carbonyl (C=O) groups is 4. The normalized spacial score (nSPS) is 22.3. The van der Waals surface area contributed by atoms with Crippen LogP contribution in [0.15, 0.2) is 73.1 Å². The van der Waals surface area contributed by atoms with Gasteiger partial charge in [0.1, 0.15) is 35.1 Å². The standard InChI is InChI=1S/C42H54N10O4/c1-49(2)35(27-13-7-5-8-14-27)41(55)51-23-11-17-33(51)37-43-25-31(47-37)39(53)45-29-19-21-30(22-20-29)46-40(54)32-26-44-38(48-32)34-18-12-24-52(34)42(56)36(50(3)4)28-15-9-6-10-16-28/h5-10,13-16,25-26,29-30,33-36H,11-12,17-24H2,1-4H3,(H,43,47)(H,44,48)(H,45,53)(H,46,54)/t29-,30-,33-,34-,35-,36+/m0/s1. The van der Waals surface area contributed by atoms with Crippen LogP contribution < -0.4 is 10.6 Å². The van der Waals surface area contributed by atoms with Gasteiger partial charge in [-0.15, -0.1) is 0 Å². The van der Waals surface area contributed by atoms with Gasteiger partial charge >= 0.3 is 0 Å². The average molecular weight is 763 g/mol. The Labute approximate surface area is 328 Å². The van der Waals surface area contributed by atoms with Crippen molar-refractivity contribution in [3.05, 3.63) is 107 Å². The number of benzene rings is 2. The highest BCUT2D eigenvalue weighted by Gasteiger charge is 2.39. The second-order valence-corrected chi connectivity index (χ2v) is 15.8. The third-order valence-corrected chi connectivity index (χ3v) is 11.5. The largest absolute Gasteiger partial charge is 0.348 e. The number of aromatic nitrogens is 4. The zero-order valence-corrected chi connectivity index (χ0v) is 32.8. The lowest BCUT2D eigenvalue weighted by atomic mass is 9.91. The molecule has 2 saturated heterocycles. The third-order valence-electron chi connectivity index (χ3n) is 11.5. The molecule has 7 rings (SSSR count). The van der Waals surface area contributed by atoms with Gasteiger partial charge in [0, 0.05) is 37.6 Å². The van der Waals surface area contributed by atoms with Crippen LogP contribution in [0, 0.1) is 0 Å². The maximum absolute atomic E-state index is 13.8. The zero-order chi connectivity index (χ0) is 39.3. The van der Waals surface area contributed by atoms with Crippen LogP contribution in [-0.4, -0.2) is 117 Å². The average Bonchev–Trinajstić information content (AvgIpc) is 4.03. The van der Waals surface area contributed by atoms with E-state index in [-0.39, 0.29) is 47.8 Å². The van der Waals surface area contributed by atoms with Crippen molar-refractivity contribution in [3.63, 3.8) is 0 Å². The fourth-order valence-electron chi connectivity index (χ4n) is 8.69. The predicted molar refractivity (Wildman–Crippen MR) is 211 cm³/mol. The van der Waals surface area contributed by atoms with E-state index in [0.717, 1.165) is 36.8 Å². The molecule has 296 valence electrons. The smallest absolute Gasteiger partial charge is 0.271 e. The molecule has 56 heavy (non-hydrogen) atoms. The Balaban J connectivity index is 0.899. The van der Waals surface area contributed by atoms with Gasteiger partial charge in [-0.05, 0) is 90.7 Å². The van der Waals surface area contributed by atoms with E-state index in [1.807, 2.05) is 108 Å². The molecule has 3 aliphatic rings. The Bertz CT molecular complexity index is 1830. The summed E-state index contributed by atoms with van der Waals surface area (Å²) in [5.74, 6) is 0.777. The Morgan fingerprint density at radius 2 is 0.982 bits per heavy atom. The Morgan fingerprint density at radius 1 is 0.607 bits per heavy atom. The SMILES string of the molecule is CN(C)[C@H](C(=O)N1CCC[C@H]1c1nc(C(=O)N[C@H]2CC[C@H](NC(=O)c3c[nH]c([C@@H]4CCCN4C(=O)[C@@H](c4ccccc4)N(C)C)n3)CC2)c[nH]1)c1ccccc1. The van der Waals surface area contributed by atoms with E-state index < -0.39 is 12.1 Å². The summed E-state index contributed by atoms with van der Waals surface area (Å²) in [6, 6.07) is 18.2. The maximum atomic E-state index is 13.8. The van der Waals surface area contributed by atoms with Gasteiger partial charge in [0.05, 0.1) is 12.1 Å². The van der Waals surface area contributed by atoms with Crippen molar-refractivity contribution in [1.29, 1.82) is 0 Å². The number of rotatable bonds is 12. The van der Waals surface area contributed by atoms with Crippen LogP contribution in [-0.2, 0) is 9.59 Å². The van der Waals surface area contributed by atoms with Crippen molar-refractivity contribution in [2.24, 2.45) is 0 Å². The fraction of sp³-hybridized carbons (Fsp3) is 0.476. The molecular weight excluding hydrogens is 709 g/mol. The minimum absolute atomic E-state index is 0.0208. The summed E-state index contributed by atoms with van der Waals surface area (Å²) in [7, 11) is 7.65. The quantitative estimate of drug-likeness (QED) is 0.164.